The molecule has 2 aromatic rings. The molecule has 1 heterocycles. The van der Waals surface area contributed by atoms with Crippen LogP contribution in [0.3, 0.4) is 0 Å². The average molecular weight is 316 g/mol. The molecule has 4 heteroatoms. The molecule has 0 aliphatic heterocycles. The molecule has 0 fully saturated rings. The number of rotatable bonds is 7. The van der Waals surface area contributed by atoms with Crippen molar-refractivity contribution in [3.63, 3.8) is 0 Å². The molecule has 3 nitrogen and oxygen atoms in total. The molecule has 1 N–H and O–H groups in total. The number of hydrogen-bond donors (Lipinski definition) is 1. The lowest BCUT2D eigenvalue weighted by molar-refractivity contribution is -0.121. The standard InChI is InChI=1S/C18H24N2OS/c1-13(2)10-11-19-17(21)9-8-16-12-22-18(20-16)15-6-4-14(3)5-7-15/h4-7,12-13H,8-11H2,1-3H3,(H,19,21). The van der Waals surface area contributed by atoms with Crippen molar-refractivity contribution in [2.24, 2.45) is 5.92 Å². The van der Waals surface area contributed by atoms with E-state index in [-0.39, 0.29) is 5.91 Å². The van der Waals surface area contributed by atoms with Crippen LogP contribution in [0.1, 0.15) is 37.9 Å². The normalized spacial score (nSPS) is 10.9. The van der Waals surface area contributed by atoms with Crippen LogP contribution in [0.5, 0.6) is 0 Å². The third kappa shape index (κ3) is 5.26. The summed E-state index contributed by atoms with van der Waals surface area (Å²) in [7, 11) is 0. The number of nitrogens with one attached hydrogen (secondary N) is 1. The van der Waals surface area contributed by atoms with Crippen LogP contribution in [0.2, 0.25) is 0 Å². The molecule has 0 bridgehead atoms. The van der Waals surface area contributed by atoms with E-state index in [2.05, 4.69) is 60.7 Å². The van der Waals surface area contributed by atoms with Crippen molar-refractivity contribution in [3.8, 4) is 10.6 Å². The first-order chi connectivity index (χ1) is 10.5. The van der Waals surface area contributed by atoms with Gasteiger partial charge in [-0.05, 0) is 25.7 Å². The highest BCUT2D eigenvalue weighted by Crippen LogP contribution is 2.24. The minimum absolute atomic E-state index is 0.116. The Labute approximate surface area is 136 Å². The summed E-state index contributed by atoms with van der Waals surface area (Å²) in [4.78, 5) is 16.4. The second kappa shape index (κ2) is 8.08. The van der Waals surface area contributed by atoms with Crippen LogP contribution < -0.4 is 5.32 Å². The Morgan fingerprint density at radius 3 is 2.68 bits per heavy atom. The first kappa shape index (κ1) is 16.7. The van der Waals surface area contributed by atoms with Crippen LogP contribution in [0.15, 0.2) is 29.6 Å². The van der Waals surface area contributed by atoms with Gasteiger partial charge in [0.05, 0.1) is 5.69 Å². The first-order valence-electron chi connectivity index (χ1n) is 7.82. The van der Waals surface area contributed by atoms with Gasteiger partial charge in [0.25, 0.3) is 0 Å². The van der Waals surface area contributed by atoms with Crippen LogP contribution in [0.4, 0.5) is 0 Å². The number of hydrogen-bond acceptors (Lipinski definition) is 3. The summed E-state index contributed by atoms with van der Waals surface area (Å²) in [5.41, 5.74) is 3.39. The Morgan fingerprint density at radius 1 is 1.27 bits per heavy atom. The zero-order chi connectivity index (χ0) is 15.9. The van der Waals surface area contributed by atoms with E-state index in [1.807, 2.05) is 0 Å². The lowest BCUT2D eigenvalue weighted by atomic mass is 10.1. The van der Waals surface area contributed by atoms with E-state index in [0.29, 0.717) is 18.8 Å². The molecule has 0 aliphatic rings. The van der Waals surface area contributed by atoms with Gasteiger partial charge in [0, 0.05) is 23.9 Å². The predicted octanol–water partition coefficient (Wildman–Crippen LogP) is 4.21. The summed E-state index contributed by atoms with van der Waals surface area (Å²) in [5, 5.41) is 6.04. The summed E-state index contributed by atoms with van der Waals surface area (Å²) in [6, 6.07) is 8.38. The smallest absolute Gasteiger partial charge is 0.220 e. The second-order valence-corrected chi connectivity index (χ2v) is 6.90. The van der Waals surface area contributed by atoms with E-state index >= 15 is 0 Å². The topological polar surface area (TPSA) is 42.0 Å². The predicted molar refractivity (Wildman–Crippen MR) is 93.1 cm³/mol. The molecule has 118 valence electrons. The van der Waals surface area contributed by atoms with E-state index in [0.717, 1.165) is 29.2 Å². The van der Waals surface area contributed by atoms with E-state index in [1.165, 1.54) is 5.56 Å². The highest BCUT2D eigenvalue weighted by Gasteiger charge is 2.07. The Hall–Kier alpha value is -1.68. The maximum absolute atomic E-state index is 11.8. The number of amides is 1. The van der Waals surface area contributed by atoms with Gasteiger partial charge in [0.1, 0.15) is 5.01 Å². The highest BCUT2D eigenvalue weighted by molar-refractivity contribution is 7.13. The molecule has 22 heavy (non-hydrogen) atoms. The van der Waals surface area contributed by atoms with Gasteiger partial charge in [-0.15, -0.1) is 11.3 Å². The van der Waals surface area contributed by atoms with Gasteiger partial charge < -0.3 is 5.32 Å². The summed E-state index contributed by atoms with van der Waals surface area (Å²) >= 11 is 1.64. The molecule has 1 aromatic carbocycles. The summed E-state index contributed by atoms with van der Waals surface area (Å²) in [6.07, 6.45) is 2.24. The average Bonchev–Trinajstić information content (AvgIpc) is 2.94. The fraction of sp³-hybridized carbons (Fsp3) is 0.444. The van der Waals surface area contributed by atoms with Gasteiger partial charge in [0.15, 0.2) is 0 Å². The van der Waals surface area contributed by atoms with Gasteiger partial charge in [-0.25, -0.2) is 4.98 Å². The molecular formula is C18H24N2OS. The van der Waals surface area contributed by atoms with E-state index in [4.69, 9.17) is 0 Å². The molecule has 0 saturated heterocycles. The van der Waals surface area contributed by atoms with Crippen molar-refractivity contribution in [3.05, 3.63) is 40.9 Å². The number of aromatic nitrogens is 1. The van der Waals surface area contributed by atoms with Gasteiger partial charge in [-0.1, -0.05) is 43.7 Å². The minimum atomic E-state index is 0.116. The lowest BCUT2D eigenvalue weighted by Gasteiger charge is -2.06. The number of thiazole rings is 1. The van der Waals surface area contributed by atoms with Crippen molar-refractivity contribution in [2.45, 2.75) is 40.0 Å². The summed E-state index contributed by atoms with van der Waals surface area (Å²) < 4.78 is 0. The van der Waals surface area contributed by atoms with E-state index < -0.39 is 0 Å². The molecule has 0 atom stereocenters. The van der Waals surface area contributed by atoms with Crippen molar-refractivity contribution >= 4 is 17.2 Å². The Morgan fingerprint density at radius 2 is 2.00 bits per heavy atom. The third-order valence-corrected chi connectivity index (χ3v) is 4.44. The quantitative estimate of drug-likeness (QED) is 0.831. The van der Waals surface area contributed by atoms with E-state index in [1.54, 1.807) is 11.3 Å². The first-order valence-corrected chi connectivity index (χ1v) is 8.70. The van der Waals surface area contributed by atoms with Crippen molar-refractivity contribution in [2.75, 3.05) is 6.54 Å². The Bertz CT molecular complexity index is 602. The van der Waals surface area contributed by atoms with Gasteiger partial charge in [-0.3, -0.25) is 4.79 Å². The monoisotopic (exact) mass is 316 g/mol. The van der Waals surface area contributed by atoms with Gasteiger partial charge >= 0.3 is 0 Å². The molecular weight excluding hydrogens is 292 g/mol. The number of benzene rings is 1. The molecule has 0 radical (unpaired) electrons. The van der Waals surface area contributed by atoms with E-state index in [9.17, 15) is 4.79 Å². The van der Waals surface area contributed by atoms with Gasteiger partial charge in [-0.2, -0.15) is 0 Å². The number of carbonyl (C=O) groups is 1. The zero-order valence-electron chi connectivity index (χ0n) is 13.6. The largest absolute Gasteiger partial charge is 0.356 e. The maximum Gasteiger partial charge on any atom is 0.220 e. The molecule has 0 saturated carbocycles. The number of nitrogens with zero attached hydrogens (tertiary/aromatic N) is 1. The van der Waals surface area contributed by atoms with Crippen molar-refractivity contribution < 1.29 is 4.79 Å². The molecule has 1 amide bonds. The highest BCUT2D eigenvalue weighted by atomic mass is 32.1. The number of aryl methyl sites for hydroxylation is 2. The van der Waals surface area contributed by atoms with Crippen molar-refractivity contribution in [1.29, 1.82) is 0 Å². The fourth-order valence-electron chi connectivity index (χ4n) is 2.08. The molecule has 1 aromatic heterocycles. The molecule has 0 unspecified atom stereocenters. The minimum Gasteiger partial charge on any atom is -0.356 e. The van der Waals surface area contributed by atoms with Crippen molar-refractivity contribution in [1.82, 2.24) is 10.3 Å². The van der Waals surface area contributed by atoms with Crippen LogP contribution >= 0.6 is 11.3 Å². The summed E-state index contributed by atoms with van der Waals surface area (Å²) in [6.45, 7) is 7.17. The molecule has 0 spiro atoms. The van der Waals surface area contributed by atoms with Crippen LogP contribution in [-0.4, -0.2) is 17.4 Å². The Balaban J connectivity index is 1.82. The van der Waals surface area contributed by atoms with Crippen LogP contribution in [0, 0.1) is 12.8 Å². The second-order valence-electron chi connectivity index (χ2n) is 6.04. The Kier molecular flexibility index (Phi) is 6.13. The molecule has 0 aliphatic carbocycles. The third-order valence-electron chi connectivity index (χ3n) is 3.50. The molecule has 2 rings (SSSR count). The number of carbonyl (C=O) groups excluding carboxylic acids is 1. The SMILES string of the molecule is Cc1ccc(-c2nc(CCC(=O)NCCC(C)C)cs2)cc1. The van der Waals surface area contributed by atoms with Crippen LogP contribution in [0.25, 0.3) is 10.6 Å². The zero-order valence-corrected chi connectivity index (χ0v) is 14.4. The summed E-state index contributed by atoms with van der Waals surface area (Å²) in [5.74, 6) is 0.737. The fourth-order valence-corrected chi connectivity index (χ4v) is 2.94. The lowest BCUT2D eigenvalue weighted by Crippen LogP contribution is -2.25. The van der Waals surface area contributed by atoms with Crippen LogP contribution in [-0.2, 0) is 11.2 Å². The maximum atomic E-state index is 11.8. The van der Waals surface area contributed by atoms with Gasteiger partial charge in [0.2, 0.25) is 5.91 Å².